The van der Waals surface area contributed by atoms with Crippen molar-refractivity contribution in [3.63, 3.8) is 0 Å². The van der Waals surface area contributed by atoms with Crippen molar-refractivity contribution in [1.82, 2.24) is 9.80 Å². The zero-order chi connectivity index (χ0) is 17.4. The Bertz CT molecular complexity index is 532. The summed E-state index contributed by atoms with van der Waals surface area (Å²) in [4.78, 5) is 20.5. The lowest BCUT2D eigenvalue weighted by Crippen LogP contribution is -2.41. The van der Waals surface area contributed by atoms with Gasteiger partial charge in [0.1, 0.15) is 6.54 Å². The van der Waals surface area contributed by atoms with Crippen molar-refractivity contribution < 1.29 is 4.79 Å². The molecule has 0 aliphatic carbocycles. The average Bonchev–Trinajstić information content (AvgIpc) is 2.62. The van der Waals surface area contributed by atoms with Gasteiger partial charge in [-0.15, -0.1) is 0 Å². The Balaban J connectivity index is 1.77. The highest BCUT2D eigenvalue weighted by Crippen LogP contribution is 2.21. The van der Waals surface area contributed by atoms with E-state index in [9.17, 15) is 4.79 Å². The van der Waals surface area contributed by atoms with Gasteiger partial charge in [-0.3, -0.25) is 4.79 Å². The first kappa shape index (κ1) is 18.3. The van der Waals surface area contributed by atoms with Crippen LogP contribution in [0, 0.1) is 5.92 Å². The molecule has 1 aromatic rings. The highest BCUT2D eigenvalue weighted by molar-refractivity contribution is 5.84. The van der Waals surface area contributed by atoms with E-state index < -0.39 is 0 Å². The van der Waals surface area contributed by atoms with E-state index in [1.54, 1.807) is 0 Å². The fraction of sp³-hybridized carbons (Fsp3) is 0.579. The number of guanidine groups is 1. The molecule has 0 saturated carbocycles. The van der Waals surface area contributed by atoms with Crippen molar-refractivity contribution in [3.8, 4) is 0 Å². The number of amides is 1. The molecule has 1 amide bonds. The summed E-state index contributed by atoms with van der Waals surface area (Å²) in [6.07, 6.45) is 3.24. The third-order valence-corrected chi connectivity index (χ3v) is 4.80. The van der Waals surface area contributed by atoms with E-state index in [1.165, 1.54) is 5.56 Å². The predicted molar refractivity (Wildman–Crippen MR) is 98.9 cm³/mol. The molecule has 0 radical (unpaired) electrons. The molecule has 0 spiro atoms. The van der Waals surface area contributed by atoms with Gasteiger partial charge in [0.2, 0.25) is 5.91 Å². The molecule has 1 aliphatic heterocycles. The second-order valence-corrected chi connectivity index (χ2v) is 6.36. The molecule has 1 aromatic carbocycles. The van der Waals surface area contributed by atoms with Crippen LogP contribution in [0.2, 0.25) is 0 Å². The van der Waals surface area contributed by atoms with Gasteiger partial charge in [0.05, 0.1) is 0 Å². The molecule has 5 nitrogen and oxygen atoms in total. The maximum Gasteiger partial charge on any atom is 0.244 e. The number of nitrogens with two attached hydrogens (primary N) is 1. The molecular formula is C19H30N4O. The monoisotopic (exact) mass is 330 g/mol. The number of hydrogen-bond donors (Lipinski definition) is 1. The number of nitrogens with zero attached hydrogens (tertiary/aromatic N) is 3. The molecule has 0 unspecified atom stereocenters. The third-order valence-electron chi connectivity index (χ3n) is 4.80. The second-order valence-electron chi connectivity index (χ2n) is 6.36. The molecular weight excluding hydrogens is 300 g/mol. The number of rotatable bonds is 6. The average molecular weight is 330 g/mol. The highest BCUT2D eigenvalue weighted by atomic mass is 16.2. The molecule has 0 bridgehead atoms. The van der Waals surface area contributed by atoms with E-state index in [0.717, 1.165) is 45.4 Å². The summed E-state index contributed by atoms with van der Waals surface area (Å²) in [5.74, 6) is 1.22. The molecule has 0 aromatic heterocycles. The minimum Gasteiger partial charge on any atom is -0.370 e. The Morgan fingerprint density at radius 2 is 1.83 bits per heavy atom. The first-order valence-electron chi connectivity index (χ1n) is 9.00. The Hall–Kier alpha value is -2.04. The number of carbonyl (C=O) groups is 1. The van der Waals surface area contributed by atoms with Crippen molar-refractivity contribution in [2.24, 2.45) is 16.6 Å². The summed E-state index contributed by atoms with van der Waals surface area (Å²) in [5.41, 5.74) is 7.32. The minimum absolute atomic E-state index is 0.0864. The van der Waals surface area contributed by atoms with Crippen LogP contribution in [0.1, 0.15) is 32.3 Å². The quantitative estimate of drug-likeness (QED) is 0.642. The molecule has 1 aliphatic rings. The van der Waals surface area contributed by atoms with Gasteiger partial charge < -0.3 is 15.5 Å². The molecule has 1 fully saturated rings. The first-order chi connectivity index (χ1) is 11.6. The van der Waals surface area contributed by atoms with Crippen molar-refractivity contribution in [3.05, 3.63) is 35.9 Å². The molecule has 2 rings (SSSR count). The first-order valence-corrected chi connectivity index (χ1v) is 9.00. The number of aliphatic imine (C=N–C) groups is 1. The van der Waals surface area contributed by atoms with Crippen LogP contribution < -0.4 is 5.73 Å². The summed E-state index contributed by atoms with van der Waals surface area (Å²) in [6, 6.07) is 10.6. The summed E-state index contributed by atoms with van der Waals surface area (Å²) in [5, 5.41) is 0. The van der Waals surface area contributed by atoms with Gasteiger partial charge in [-0.25, -0.2) is 4.99 Å². The van der Waals surface area contributed by atoms with Crippen LogP contribution in [0.4, 0.5) is 0 Å². The lowest BCUT2D eigenvalue weighted by Gasteiger charge is -2.32. The van der Waals surface area contributed by atoms with Crippen LogP contribution in [0.3, 0.4) is 0 Å². The maximum atomic E-state index is 12.3. The second kappa shape index (κ2) is 9.30. The highest BCUT2D eigenvalue weighted by Gasteiger charge is 2.22. The van der Waals surface area contributed by atoms with Crippen molar-refractivity contribution in [2.45, 2.75) is 33.1 Å². The Kier molecular flexibility index (Phi) is 7.09. The summed E-state index contributed by atoms with van der Waals surface area (Å²) >= 11 is 0. The number of benzene rings is 1. The van der Waals surface area contributed by atoms with Crippen LogP contribution in [-0.2, 0) is 11.2 Å². The van der Waals surface area contributed by atoms with Crippen LogP contribution >= 0.6 is 0 Å². The van der Waals surface area contributed by atoms with E-state index in [1.807, 2.05) is 23.6 Å². The van der Waals surface area contributed by atoms with E-state index in [-0.39, 0.29) is 12.5 Å². The van der Waals surface area contributed by atoms with E-state index >= 15 is 0 Å². The Morgan fingerprint density at radius 1 is 1.21 bits per heavy atom. The normalized spacial score (nSPS) is 16.2. The van der Waals surface area contributed by atoms with E-state index in [2.05, 4.69) is 35.3 Å². The van der Waals surface area contributed by atoms with Crippen LogP contribution in [0.15, 0.2) is 35.3 Å². The standard InChI is InChI=1S/C19H30N4O/c1-3-22(4-2)19(20)21-15-18(24)23-12-10-17(11-13-23)14-16-8-6-5-7-9-16/h5-9,17H,3-4,10-15H2,1-2H3,(H2,20,21). The van der Waals surface area contributed by atoms with Gasteiger partial charge in [-0.1, -0.05) is 30.3 Å². The Labute approximate surface area is 145 Å². The summed E-state index contributed by atoms with van der Waals surface area (Å²) in [7, 11) is 0. The fourth-order valence-electron chi connectivity index (χ4n) is 3.23. The molecule has 0 atom stereocenters. The van der Waals surface area contributed by atoms with Gasteiger partial charge in [0, 0.05) is 26.2 Å². The van der Waals surface area contributed by atoms with Gasteiger partial charge in [0.25, 0.3) is 0 Å². The van der Waals surface area contributed by atoms with Gasteiger partial charge in [-0.05, 0) is 44.6 Å². The number of hydrogen-bond acceptors (Lipinski definition) is 2. The molecule has 1 heterocycles. The zero-order valence-corrected chi connectivity index (χ0v) is 14.9. The van der Waals surface area contributed by atoms with Crippen LogP contribution in [0.25, 0.3) is 0 Å². The Morgan fingerprint density at radius 3 is 2.42 bits per heavy atom. The van der Waals surface area contributed by atoms with Crippen molar-refractivity contribution in [1.29, 1.82) is 0 Å². The fourth-order valence-corrected chi connectivity index (χ4v) is 3.23. The van der Waals surface area contributed by atoms with Gasteiger partial charge in [-0.2, -0.15) is 0 Å². The summed E-state index contributed by atoms with van der Waals surface area (Å²) < 4.78 is 0. The SMILES string of the molecule is CCN(CC)C(N)=NCC(=O)N1CCC(Cc2ccccc2)CC1. The number of carbonyl (C=O) groups excluding carboxylic acids is 1. The van der Waals surface area contributed by atoms with Crippen LogP contribution in [0.5, 0.6) is 0 Å². The van der Waals surface area contributed by atoms with E-state index in [0.29, 0.717) is 11.9 Å². The van der Waals surface area contributed by atoms with Crippen molar-refractivity contribution >= 4 is 11.9 Å². The maximum absolute atomic E-state index is 12.3. The third kappa shape index (κ3) is 5.25. The molecule has 2 N–H and O–H groups in total. The molecule has 132 valence electrons. The molecule has 1 saturated heterocycles. The smallest absolute Gasteiger partial charge is 0.244 e. The number of piperidine rings is 1. The van der Waals surface area contributed by atoms with Gasteiger partial charge in [0.15, 0.2) is 5.96 Å². The lowest BCUT2D eigenvalue weighted by molar-refractivity contribution is -0.130. The predicted octanol–water partition coefficient (Wildman–Crippen LogP) is 2.12. The summed E-state index contributed by atoms with van der Waals surface area (Å²) in [6.45, 7) is 7.51. The lowest BCUT2D eigenvalue weighted by atomic mass is 9.90. The minimum atomic E-state index is 0.0864. The topological polar surface area (TPSA) is 61.9 Å². The van der Waals surface area contributed by atoms with Crippen LogP contribution in [-0.4, -0.2) is 54.4 Å². The van der Waals surface area contributed by atoms with Crippen molar-refractivity contribution in [2.75, 3.05) is 32.7 Å². The zero-order valence-electron chi connectivity index (χ0n) is 14.9. The number of likely N-dealkylation sites (tertiary alicyclic amines) is 1. The molecule has 24 heavy (non-hydrogen) atoms. The van der Waals surface area contributed by atoms with Gasteiger partial charge >= 0.3 is 0 Å². The molecule has 5 heteroatoms. The largest absolute Gasteiger partial charge is 0.370 e. The van der Waals surface area contributed by atoms with E-state index in [4.69, 9.17) is 5.73 Å².